The molecule has 176 valence electrons. The van der Waals surface area contributed by atoms with E-state index in [-0.39, 0.29) is 36.4 Å². The zero-order valence-electron chi connectivity index (χ0n) is 19.3. The van der Waals surface area contributed by atoms with Crippen LogP contribution in [0.2, 0.25) is 0 Å². The monoisotopic (exact) mass is 436 g/mol. The van der Waals surface area contributed by atoms with Gasteiger partial charge in [0, 0.05) is 25.3 Å². The molecule has 0 saturated carbocycles. The minimum Gasteiger partial charge on any atom is -0.481 e. The SMILES string of the molecule is CCCCCC(=O)NC(C)(C)C(=O)NCC1[C@@H](C/C=C\CCCC(=O)O)[C@@H]2CC[C@H]1O2. The standard InChI is InChI=1S/C24H40N2O5/c1-4-5-8-12-21(27)26-24(2,3)23(30)25-16-18-17(19-14-15-20(18)31-19)11-9-6-7-10-13-22(28)29/h6,9,17-20H,4-5,7-8,10-16H2,1-3H3,(H,25,30)(H,26,27)(H,28,29)/b9-6-/t17-,18?,19+,20-/m1/s1. The molecule has 2 aliphatic rings. The summed E-state index contributed by atoms with van der Waals surface area (Å²) in [6.07, 6.45) is 12.6. The number of hydrogen-bond acceptors (Lipinski definition) is 4. The van der Waals surface area contributed by atoms with Gasteiger partial charge in [-0.05, 0) is 58.3 Å². The molecule has 2 heterocycles. The molecule has 0 aromatic carbocycles. The molecule has 0 aromatic rings. The lowest BCUT2D eigenvalue weighted by Crippen LogP contribution is -2.55. The predicted octanol–water partition coefficient (Wildman–Crippen LogP) is 3.57. The Morgan fingerprint density at radius 3 is 2.42 bits per heavy atom. The second kappa shape index (κ2) is 12.2. The summed E-state index contributed by atoms with van der Waals surface area (Å²) in [6.45, 7) is 6.13. The van der Waals surface area contributed by atoms with E-state index in [0.717, 1.165) is 44.9 Å². The van der Waals surface area contributed by atoms with E-state index in [4.69, 9.17) is 9.84 Å². The lowest BCUT2D eigenvalue weighted by Gasteiger charge is -2.30. The van der Waals surface area contributed by atoms with Gasteiger partial charge in [-0.3, -0.25) is 14.4 Å². The van der Waals surface area contributed by atoms with Crippen LogP contribution in [-0.2, 0) is 19.1 Å². The molecule has 3 N–H and O–H groups in total. The lowest BCUT2D eigenvalue weighted by molar-refractivity contribution is -0.137. The number of amides is 2. The highest BCUT2D eigenvalue weighted by molar-refractivity contribution is 5.90. The molecule has 1 unspecified atom stereocenters. The van der Waals surface area contributed by atoms with Crippen molar-refractivity contribution < 1.29 is 24.2 Å². The Labute approximate surface area is 186 Å². The highest BCUT2D eigenvalue weighted by atomic mass is 16.5. The minimum atomic E-state index is -0.943. The zero-order chi connectivity index (χ0) is 22.9. The number of fused-ring (bicyclic) bond motifs is 2. The quantitative estimate of drug-likeness (QED) is 0.285. The first-order chi connectivity index (χ1) is 14.7. The second-order valence-corrected chi connectivity index (χ2v) is 9.45. The molecule has 7 nitrogen and oxygen atoms in total. The van der Waals surface area contributed by atoms with Crippen molar-refractivity contribution in [1.29, 1.82) is 0 Å². The number of hydrogen-bond donors (Lipinski definition) is 3. The van der Waals surface area contributed by atoms with Crippen molar-refractivity contribution in [3.05, 3.63) is 12.2 Å². The maximum absolute atomic E-state index is 12.8. The van der Waals surface area contributed by atoms with Crippen LogP contribution < -0.4 is 10.6 Å². The first kappa shape index (κ1) is 25.4. The van der Waals surface area contributed by atoms with Gasteiger partial charge < -0.3 is 20.5 Å². The van der Waals surface area contributed by atoms with E-state index >= 15 is 0 Å². The predicted molar refractivity (Wildman–Crippen MR) is 119 cm³/mol. The number of carboxylic acid groups (broad SMARTS) is 1. The van der Waals surface area contributed by atoms with E-state index in [0.29, 0.717) is 25.3 Å². The molecule has 2 rings (SSSR count). The number of rotatable bonds is 14. The lowest BCUT2D eigenvalue weighted by atomic mass is 9.77. The van der Waals surface area contributed by atoms with Gasteiger partial charge in [0.2, 0.25) is 11.8 Å². The van der Waals surface area contributed by atoms with Crippen LogP contribution in [0.5, 0.6) is 0 Å². The number of carbonyl (C=O) groups is 3. The van der Waals surface area contributed by atoms with Crippen LogP contribution in [0.25, 0.3) is 0 Å². The third kappa shape index (κ3) is 7.95. The Bertz CT molecular complexity index is 646. The van der Waals surface area contributed by atoms with E-state index in [1.807, 2.05) is 0 Å². The van der Waals surface area contributed by atoms with E-state index < -0.39 is 11.5 Å². The first-order valence-electron chi connectivity index (χ1n) is 11.9. The van der Waals surface area contributed by atoms with Crippen LogP contribution in [0.1, 0.15) is 85.0 Å². The molecule has 7 heteroatoms. The van der Waals surface area contributed by atoms with Crippen LogP contribution in [0, 0.1) is 11.8 Å². The largest absolute Gasteiger partial charge is 0.481 e. The molecular formula is C24H40N2O5. The number of carboxylic acids is 1. The van der Waals surface area contributed by atoms with E-state index in [9.17, 15) is 14.4 Å². The summed E-state index contributed by atoms with van der Waals surface area (Å²) in [5.41, 5.74) is -0.943. The van der Waals surface area contributed by atoms with Crippen molar-refractivity contribution in [2.75, 3.05) is 6.54 Å². The topological polar surface area (TPSA) is 105 Å². The molecular weight excluding hydrogens is 396 g/mol. The highest BCUT2D eigenvalue weighted by Gasteiger charge is 2.48. The fraction of sp³-hybridized carbons (Fsp3) is 0.792. The molecule has 2 bridgehead atoms. The molecule has 4 atom stereocenters. The number of aliphatic carboxylic acids is 1. The van der Waals surface area contributed by atoms with Crippen molar-refractivity contribution >= 4 is 17.8 Å². The van der Waals surface area contributed by atoms with Crippen molar-refractivity contribution in [3.63, 3.8) is 0 Å². The Kier molecular flexibility index (Phi) is 10.0. The van der Waals surface area contributed by atoms with Gasteiger partial charge in [-0.2, -0.15) is 0 Å². The van der Waals surface area contributed by atoms with Gasteiger partial charge in [-0.15, -0.1) is 0 Å². The normalized spacial score (nSPS) is 25.1. The fourth-order valence-electron chi connectivity index (χ4n) is 4.66. The minimum absolute atomic E-state index is 0.0808. The van der Waals surface area contributed by atoms with Crippen molar-refractivity contribution in [2.24, 2.45) is 11.8 Å². The maximum atomic E-state index is 12.8. The van der Waals surface area contributed by atoms with Gasteiger partial charge in [0.1, 0.15) is 5.54 Å². The summed E-state index contributed by atoms with van der Waals surface area (Å²) < 4.78 is 6.11. The van der Waals surface area contributed by atoms with Crippen LogP contribution in [0.15, 0.2) is 12.2 Å². The number of nitrogens with one attached hydrogen (secondary N) is 2. The molecule has 0 aromatic heterocycles. The summed E-state index contributed by atoms with van der Waals surface area (Å²) in [5, 5.41) is 14.6. The van der Waals surface area contributed by atoms with Crippen LogP contribution in [-0.4, -0.2) is 47.2 Å². The smallest absolute Gasteiger partial charge is 0.303 e. The van der Waals surface area contributed by atoms with Crippen LogP contribution in [0.4, 0.5) is 0 Å². The summed E-state index contributed by atoms with van der Waals surface area (Å²) in [5.74, 6) is -0.375. The molecule has 2 saturated heterocycles. The zero-order valence-corrected chi connectivity index (χ0v) is 19.3. The highest BCUT2D eigenvalue weighted by Crippen LogP contribution is 2.44. The summed E-state index contributed by atoms with van der Waals surface area (Å²) in [6, 6.07) is 0. The number of allylic oxidation sites excluding steroid dienone is 2. The van der Waals surface area contributed by atoms with Crippen molar-refractivity contribution in [1.82, 2.24) is 10.6 Å². The molecule has 0 aliphatic carbocycles. The Morgan fingerprint density at radius 1 is 1.03 bits per heavy atom. The third-order valence-electron chi connectivity index (χ3n) is 6.45. The third-order valence-corrected chi connectivity index (χ3v) is 6.45. The average molecular weight is 437 g/mol. The van der Waals surface area contributed by atoms with Crippen molar-refractivity contribution in [2.45, 2.75) is 103 Å². The first-order valence-corrected chi connectivity index (χ1v) is 11.9. The number of unbranched alkanes of at least 4 members (excludes halogenated alkanes) is 3. The van der Waals surface area contributed by atoms with Gasteiger partial charge in [0.25, 0.3) is 0 Å². The molecule has 31 heavy (non-hydrogen) atoms. The van der Waals surface area contributed by atoms with Crippen LogP contribution >= 0.6 is 0 Å². The Morgan fingerprint density at radius 2 is 1.74 bits per heavy atom. The molecule has 2 fully saturated rings. The summed E-state index contributed by atoms with van der Waals surface area (Å²) in [4.78, 5) is 35.5. The van der Waals surface area contributed by atoms with E-state index in [1.165, 1.54) is 0 Å². The van der Waals surface area contributed by atoms with Gasteiger partial charge in [0.15, 0.2) is 0 Å². The molecule has 0 radical (unpaired) electrons. The summed E-state index contributed by atoms with van der Waals surface area (Å²) in [7, 11) is 0. The van der Waals surface area contributed by atoms with Gasteiger partial charge >= 0.3 is 5.97 Å². The van der Waals surface area contributed by atoms with Crippen LogP contribution in [0.3, 0.4) is 0 Å². The average Bonchev–Trinajstić information content (AvgIpc) is 3.30. The van der Waals surface area contributed by atoms with Gasteiger partial charge in [-0.1, -0.05) is 31.9 Å². The summed E-state index contributed by atoms with van der Waals surface area (Å²) >= 11 is 0. The Hall–Kier alpha value is -1.89. The molecule has 0 spiro atoms. The fourth-order valence-corrected chi connectivity index (χ4v) is 4.66. The second-order valence-electron chi connectivity index (χ2n) is 9.45. The van der Waals surface area contributed by atoms with Gasteiger partial charge in [-0.25, -0.2) is 0 Å². The maximum Gasteiger partial charge on any atom is 0.303 e. The number of ether oxygens (including phenoxy) is 1. The Balaban J connectivity index is 1.80. The van der Waals surface area contributed by atoms with E-state index in [1.54, 1.807) is 13.8 Å². The number of carbonyl (C=O) groups excluding carboxylic acids is 2. The molecule has 2 aliphatic heterocycles. The molecule has 2 amide bonds. The van der Waals surface area contributed by atoms with E-state index in [2.05, 4.69) is 29.7 Å². The van der Waals surface area contributed by atoms with Crippen molar-refractivity contribution in [3.8, 4) is 0 Å². The van der Waals surface area contributed by atoms with Gasteiger partial charge in [0.05, 0.1) is 12.2 Å².